The number of carbonyl (C=O) groups is 1. The molecule has 0 saturated carbocycles. The first-order chi connectivity index (χ1) is 7.09. The summed E-state index contributed by atoms with van der Waals surface area (Å²) in [6, 6.07) is 9.61. The number of rotatable bonds is 4. The quantitative estimate of drug-likeness (QED) is 0.786. The minimum absolute atomic E-state index is 0.00125. The van der Waals surface area contributed by atoms with Crippen molar-refractivity contribution in [2.45, 2.75) is 32.4 Å². The third kappa shape index (κ3) is 4.13. The van der Waals surface area contributed by atoms with Crippen molar-refractivity contribution < 1.29 is 4.79 Å². The average Bonchev–Trinajstić information content (AvgIpc) is 2.17. The number of amides is 1. The Morgan fingerprint density at radius 2 is 1.93 bits per heavy atom. The molecule has 0 aliphatic heterocycles. The van der Waals surface area contributed by atoms with Crippen LogP contribution in [0.25, 0.3) is 0 Å². The highest BCUT2D eigenvalue weighted by atomic mass is 16.1. The molecule has 3 heteroatoms. The van der Waals surface area contributed by atoms with Crippen LogP contribution in [0.5, 0.6) is 0 Å². The minimum atomic E-state index is -0.218. The zero-order valence-electron chi connectivity index (χ0n) is 9.23. The highest BCUT2D eigenvalue weighted by molar-refractivity contribution is 5.77. The molecule has 1 aromatic rings. The molecule has 0 aromatic heterocycles. The molecular formula is C12H18N2O. The summed E-state index contributed by atoms with van der Waals surface area (Å²) in [4.78, 5) is 11.4. The van der Waals surface area contributed by atoms with Gasteiger partial charge in [0.1, 0.15) is 0 Å². The van der Waals surface area contributed by atoms with Crippen molar-refractivity contribution in [3.63, 3.8) is 0 Å². The van der Waals surface area contributed by atoms with Gasteiger partial charge in [-0.3, -0.25) is 4.79 Å². The zero-order valence-corrected chi connectivity index (χ0v) is 9.23. The molecule has 15 heavy (non-hydrogen) atoms. The van der Waals surface area contributed by atoms with Gasteiger partial charge in [-0.25, -0.2) is 0 Å². The molecule has 0 spiro atoms. The van der Waals surface area contributed by atoms with Gasteiger partial charge < -0.3 is 11.1 Å². The molecule has 3 N–H and O–H groups in total. The predicted molar refractivity (Wildman–Crippen MR) is 61.3 cm³/mol. The number of hydrogen-bond donors (Lipinski definition) is 2. The second kappa shape index (κ2) is 5.51. The Kier molecular flexibility index (Phi) is 4.31. The molecule has 0 saturated heterocycles. The smallest absolute Gasteiger partial charge is 0.222 e. The van der Waals surface area contributed by atoms with Crippen molar-refractivity contribution in [3.8, 4) is 0 Å². The van der Waals surface area contributed by atoms with Crippen LogP contribution in [-0.2, 0) is 4.79 Å². The highest BCUT2D eigenvalue weighted by Gasteiger charge is 2.11. The van der Waals surface area contributed by atoms with Crippen LogP contribution < -0.4 is 11.1 Å². The van der Waals surface area contributed by atoms with Crippen LogP contribution in [0.3, 0.4) is 0 Å². The van der Waals surface area contributed by atoms with E-state index in [0.717, 1.165) is 5.56 Å². The molecule has 1 atom stereocenters. The van der Waals surface area contributed by atoms with E-state index >= 15 is 0 Å². The van der Waals surface area contributed by atoms with Gasteiger partial charge >= 0.3 is 0 Å². The highest BCUT2D eigenvalue weighted by Crippen LogP contribution is 2.12. The standard InChI is InChI=1S/C12H18N2O/c1-9(2)14-12(15)8-11(13)10-6-4-3-5-7-10/h3-7,9,11H,8,13H2,1-2H3,(H,14,15). The lowest BCUT2D eigenvalue weighted by Gasteiger charge is -2.13. The molecule has 0 heterocycles. The van der Waals surface area contributed by atoms with E-state index in [0.29, 0.717) is 6.42 Å². The van der Waals surface area contributed by atoms with Crippen LogP contribution >= 0.6 is 0 Å². The lowest BCUT2D eigenvalue weighted by Crippen LogP contribution is -2.32. The van der Waals surface area contributed by atoms with E-state index < -0.39 is 0 Å². The van der Waals surface area contributed by atoms with Crippen LogP contribution in [0.15, 0.2) is 30.3 Å². The number of benzene rings is 1. The van der Waals surface area contributed by atoms with E-state index in [9.17, 15) is 4.79 Å². The second-order valence-electron chi connectivity index (χ2n) is 3.94. The maximum Gasteiger partial charge on any atom is 0.222 e. The summed E-state index contributed by atoms with van der Waals surface area (Å²) in [6.45, 7) is 3.87. The van der Waals surface area contributed by atoms with Gasteiger partial charge in [-0.2, -0.15) is 0 Å². The monoisotopic (exact) mass is 206 g/mol. The summed E-state index contributed by atoms with van der Waals surface area (Å²) in [6.07, 6.45) is 0.336. The predicted octanol–water partition coefficient (Wildman–Crippen LogP) is 1.60. The van der Waals surface area contributed by atoms with Gasteiger partial charge in [-0.15, -0.1) is 0 Å². The molecule has 0 aliphatic carbocycles. The van der Waals surface area contributed by atoms with Crippen molar-refractivity contribution in [1.29, 1.82) is 0 Å². The minimum Gasteiger partial charge on any atom is -0.354 e. The van der Waals surface area contributed by atoms with Crippen LogP contribution in [0, 0.1) is 0 Å². The molecule has 82 valence electrons. The van der Waals surface area contributed by atoms with Crippen LogP contribution in [-0.4, -0.2) is 11.9 Å². The molecule has 1 aromatic carbocycles. The van der Waals surface area contributed by atoms with Gasteiger partial charge in [0.2, 0.25) is 5.91 Å². The molecule has 0 aliphatic rings. The van der Waals surface area contributed by atoms with E-state index in [-0.39, 0.29) is 18.0 Å². The Bertz CT molecular complexity index is 309. The Morgan fingerprint density at radius 3 is 2.47 bits per heavy atom. The Balaban J connectivity index is 2.49. The zero-order chi connectivity index (χ0) is 11.3. The number of carbonyl (C=O) groups excluding carboxylic acids is 1. The normalized spacial score (nSPS) is 12.5. The van der Waals surface area contributed by atoms with Gasteiger partial charge in [0.05, 0.1) is 0 Å². The summed E-state index contributed by atoms with van der Waals surface area (Å²) in [5.41, 5.74) is 6.91. The van der Waals surface area contributed by atoms with Crippen molar-refractivity contribution in [2.24, 2.45) is 5.73 Å². The average molecular weight is 206 g/mol. The first kappa shape index (κ1) is 11.7. The largest absolute Gasteiger partial charge is 0.354 e. The summed E-state index contributed by atoms with van der Waals surface area (Å²) >= 11 is 0. The van der Waals surface area contributed by atoms with Gasteiger partial charge in [-0.05, 0) is 19.4 Å². The Hall–Kier alpha value is -1.35. The summed E-state index contributed by atoms with van der Waals surface area (Å²) in [7, 11) is 0. The van der Waals surface area contributed by atoms with Gasteiger partial charge in [0.25, 0.3) is 0 Å². The first-order valence-corrected chi connectivity index (χ1v) is 5.19. The Morgan fingerprint density at radius 1 is 1.33 bits per heavy atom. The van der Waals surface area contributed by atoms with Gasteiger partial charge in [0, 0.05) is 18.5 Å². The maximum atomic E-state index is 11.4. The number of nitrogens with one attached hydrogen (secondary N) is 1. The van der Waals surface area contributed by atoms with E-state index in [4.69, 9.17) is 5.73 Å². The van der Waals surface area contributed by atoms with Crippen molar-refractivity contribution >= 4 is 5.91 Å². The molecule has 1 rings (SSSR count). The maximum absolute atomic E-state index is 11.4. The molecule has 1 unspecified atom stereocenters. The second-order valence-corrected chi connectivity index (χ2v) is 3.94. The summed E-state index contributed by atoms with van der Waals surface area (Å²) in [5.74, 6) is 0.00125. The summed E-state index contributed by atoms with van der Waals surface area (Å²) < 4.78 is 0. The molecule has 0 bridgehead atoms. The van der Waals surface area contributed by atoms with E-state index in [1.165, 1.54) is 0 Å². The van der Waals surface area contributed by atoms with Crippen molar-refractivity contribution in [1.82, 2.24) is 5.32 Å². The van der Waals surface area contributed by atoms with E-state index in [1.54, 1.807) is 0 Å². The van der Waals surface area contributed by atoms with Crippen molar-refractivity contribution in [3.05, 3.63) is 35.9 Å². The van der Waals surface area contributed by atoms with Gasteiger partial charge in [-0.1, -0.05) is 30.3 Å². The van der Waals surface area contributed by atoms with E-state index in [1.807, 2.05) is 44.2 Å². The van der Waals surface area contributed by atoms with Crippen LogP contribution in [0.2, 0.25) is 0 Å². The number of hydrogen-bond acceptors (Lipinski definition) is 2. The Labute approximate surface area is 90.7 Å². The fourth-order valence-electron chi connectivity index (χ4n) is 1.40. The SMILES string of the molecule is CC(C)NC(=O)CC(N)c1ccccc1. The topological polar surface area (TPSA) is 55.1 Å². The van der Waals surface area contributed by atoms with Crippen molar-refractivity contribution in [2.75, 3.05) is 0 Å². The fraction of sp³-hybridized carbons (Fsp3) is 0.417. The number of nitrogens with two attached hydrogens (primary N) is 1. The van der Waals surface area contributed by atoms with Crippen LogP contribution in [0.4, 0.5) is 0 Å². The molecular weight excluding hydrogens is 188 g/mol. The molecule has 0 fully saturated rings. The summed E-state index contributed by atoms with van der Waals surface area (Å²) in [5, 5.41) is 2.82. The van der Waals surface area contributed by atoms with Crippen LogP contribution in [0.1, 0.15) is 31.9 Å². The first-order valence-electron chi connectivity index (χ1n) is 5.19. The lowest BCUT2D eigenvalue weighted by molar-refractivity contribution is -0.121. The van der Waals surface area contributed by atoms with E-state index in [2.05, 4.69) is 5.32 Å². The molecule has 1 amide bonds. The van der Waals surface area contributed by atoms with Gasteiger partial charge in [0.15, 0.2) is 0 Å². The fourth-order valence-corrected chi connectivity index (χ4v) is 1.40. The molecule has 0 radical (unpaired) electrons. The third-order valence-corrected chi connectivity index (χ3v) is 2.08. The lowest BCUT2D eigenvalue weighted by atomic mass is 10.0. The molecule has 3 nitrogen and oxygen atoms in total. The third-order valence-electron chi connectivity index (χ3n) is 2.08.